The Morgan fingerprint density at radius 2 is 2.50 bits per heavy atom. The Kier molecular flexibility index (Phi) is 3.33. The van der Waals surface area contributed by atoms with Crippen LogP contribution in [0, 0.1) is 0 Å². The van der Waals surface area contributed by atoms with Crippen molar-refractivity contribution in [3.8, 4) is 0 Å². The molecule has 0 aromatic carbocycles. The number of pyridine rings is 1. The van der Waals surface area contributed by atoms with Crippen LogP contribution < -0.4 is 11.3 Å². The van der Waals surface area contributed by atoms with Crippen LogP contribution in [0.1, 0.15) is 5.56 Å². The van der Waals surface area contributed by atoms with Gasteiger partial charge < -0.3 is 15.1 Å². The molecule has 16 heavy (non-hydrogen) atoms. The maximum Gasteiger partial charge on any atom is 0.248 e. The molecule has 1 aromatic rings. The number of carbonyl (C=O) groups excluding carboxylic acids is 1. The van der Waals surface area contributed by atoms with E-state index in [0.717, 1.165) is 5.56 Å². The van der Waals surface area contributed by atoms with Crippen LogP contribution in [0.3, 0.4) is 0 Å². The van der Waals surface area contributed by atoms with Gasteiger partial charge >= 0.3 is 0 Å². The zero-order chi connectivity index (χ0) is 11.4. The summed E-state index contributed by atoms with van der Waals surface area (Å²) in [5, 5.41) is 0. The van der Waals surface area contributed by atoms with E-state index in [2.05, 4.69) is 10.4 Å². The molecule has 86 valence electrons. The van der Waals surface area contributed by atoms with Crippen LogP contribution in [-0.4, -0.2) is 35.5 Å². The standard InChI is InChI=1S/C10H14N4O2/c11-13-9-5-8(1-2-12-9)6-14-3-4-16-7-10(14)15/h1-2,5H,3-4,6-7,11H2,(H,12,13). The van der Waals surface area contributed by atoms with Crippen molar-refractivity contribution in [1.82, 2.24) is 9.88 Å². The summed E-state index contributed by atoms with van der Waals surface area (Å²) in [6, 6.07) is 3.69. The summed E-state index contributed by atoms with van der Waals surface area (Å²) >= 11 is 0. The second-order valence-corrected chi connectivity index (χ2v) is 3.56. The number of ether oxygens (including phenoxy) is 1. The number of nitrogens with zero attached hydrogens (tertiary/aromatic N) is 2. The lowest BCUT2D eigenvalue weighted by atomic mass is 10.2. The van der Waals surface area contributed by atoms with Gasteiger partial charge in [0.2, 0.25) is 5.91 Å². The predicted octanol–water partition coefficient (Wildman–Crippen LogP) is -0.274. The Balaban J connectivity index is 2.04. The van der Waals surface area contributed by atoms with Crippen LogP contribution in [0.4, 0.5) is 5.82 Å². The molecule has 1 aromatic heterocycles. The van der Waals surface area contributed by atoms with Crippen molar-refractivity contribution in [2.75, 3.05) is 25.2 Å². The van der Waals surface area contributed by atoms with Crippen LogP contribution >= 0.6 is 0 Å². The Labute approximate surface area is 93.4 Å². The second-order valence-electron chi connectivity index (χ2n) is 3.56. The molecule has 2 heterocycles. The number of morpholine rings is 1. The SMILES string of the molecule is NNc1cc(CN2CCOCC2=O)ccn1. The van der Waals surface area contributed by atoms with Crippen LogP contribution in [0.2, 0.25) is 0 Å². The molecule has 3 N–H and O–H groups in total. The number of amides is 1. The largest absolute Gasteiger partial charge is 0.370 e. The lowest BCUT2D eigenvalue weighted by molar-refractivity contribution is -0.143. The highest BCUT2D eigenvalue weighted by molar-refractivity contribution is 5.78. The molecule has 6 nitrogen and oxygen atoms in total. The van der Waals surface area contributed by atoms with E-state index in [9.17, 15) is 4.79 Å². The first kappa shape index (κ1) is 10.8. The van der Waals surface area contributed by atoms with Crippen molar-refractivity contribution in [3.05, 3.63) is 23.9 Å². The highest BCUT2D eigenvalue weighted by atomic mass is 16.5. The average molecular weight is 222 g/mol. The number of nitrogen functional groups attached to an aromatic ring is 1. The topological polar surface area (TPSA) is 80.5 Å². The van der Waals surface area contributed by atoms with E-state index in [-0.39, 0.29) is 12.5 Å². The van der Waals surface area contributed by atoms with Gasteiger partial charge in [0.25, 0.3) is 0 Å². The predicted molar refractivity (Wildman–Crippen MR) is 58.3 cm³/mol. The third-order valence-corrected chi connectivity index (χ3v) is 2.43. The van der Waals surface area contributed by atoms with Gasteiger partial charge in [-0.2, -0.15) is 0 Å². The average Bonchev–Trinajstić information content (AvgIpc) is 2.32. The fourth-order valence-corrected chi connectivity index (χ4v) is 1.59. The summed E-state index contributed by atoms with van der Waals surface area (Å²) in [4.78, 5) is 17.3. The third kappa shape index (κ3) is 2.47. The summed E-state index contributed by atoms with van der Waals surface area (Å²) in [5.41, 5.74) is 3.47. The number of nitrogens with one attached hydrogen (secondary N) is 1. The number of hydrogen-bond acceptors (Lipinski definition) is 5. The van der Waals surface area contributed by atoms with Crippen LogP contribution in [0.25, 0.3) is 0 Å². The first-order chi connectivity index (χ1) is 7.79. The molecule has 0 radical (unpaired) electrons. The van der Waals surface area contributed by atoms with Gasteiger partial charge in [0.15, 0.2) is 0 Å². The maximum absolute atomic E-state index is 11.5. The summed E-state index contributed by atoms with van der Waals surface area (Å²) in [6.07, 6.45) is 1.66. The van der Waals surface area contributed by atoms with Crippen molar-refractivity contribution in [1.29, 1.82) is 0 Å². The highest BCUT2D eigenvalue weighted by Crippen LogP contribution is 2.10. The van der Waals surface area contributed by atoms with Gasteiger partial charge in [-0.05, 0) is 17.7 Å². The van der Waals surface area contributed by atoms with Crippen LogP contribution in [0.15, 0.2) is 18.3 Å². The van der Waals surface area contributed by atoms with E-state index in [0.29, 0.717) is 25.5 Å². The van der Waals surface area contributed by atoms with E-state index in [1.165, 1.54) is 0 Å². The molecule has 1 amide bonds. The second kappa shape index (κ2) is 4.91. The molecule has 0 unspecified atom stereocenters. The van der Waals surface area contributed by atoms with E-state index >= 15 is 0 Å². The number of nitrogens with two attached hydrogens (primary N) is 1. The molecule has 0 aliphatic carbocycles. The number of anilines is 1. The number of hydrogen-bond donors (Lipinski definition) is 2. The monoisotopic (exact) mass is 222 g/mol. The smallest absolute Gasteiger partial charge is 0.248 e. The lowest BCUT2D eigenvalue weighted by Crippen LogP contribution is -2.40. The molecule has 0 bridgehead atoms. The number of hydrazine groups is 1. The molecule has 6 heteroatoms. The molecular weight excluding hydrogens is 208 g/mol. The molecule has 1 aliphatic heterocycles. The van der Waals surface area contributed by atoms with Gasteiger partial charge in [-0.1, -0.05) is 0 Å². The maximum atomic E-state index is 11.5. The van der Waals surface area contributed by atoms with Gasteiger partial charge in [0, 0.05) is 19.3 Å². The normalized spacial score (nSPS) is 16.3. The Bertz CT molecular complexity index is 383. The first-order valence-corrected chi connectivity index (χ1v) is 5.06. The zero-order valence-corrected chi connectivity index (χ0v) is 8.85. The minimum atomic E-state index is 0.0188. The summed E-state index contributed by atoms with van der Waals surface area (Å²) in [6.45, 7) is 1.97. The molecule has 2 rings (SSSR count). The van der Waals surface area contributed by atoms with E-state index in [1.54, 1.807) is 11.1 Å². The minimum absolute atomic E-state index is 0.0188. The molecule has 1 fully saturated rings. The van der Waals surface area contributed by atoms with Crippen molar-refractivity contribution < 1.29 is 9.53 Å². The van der Waals surface area contributed by atoms with Gasteiger partial charge in [-0.3, -0.25) is 4.79 Å². The van der Waals surface area contributed by atoms with E-state index in [1.807, 2.05) is 12.1 Å². The minimum Gasteiger partial charge on any atom is -0.370 e. The van der Waals surface area contributed by atoms with Gasteiger partial charge in [-0.25, -0.2) is 10.8 Å². The molecule has 1 aliphatic rings. The molecular formula is C10H14N4O2. The van der Waals surface area contributed by atoms with Crippen molar-refractivity contribution in [3.63, 3.8) is 0 Å². The zero-order valence-electron chi connectivity index (χ0n) is 8.85. The van der Waals surface area contributed by atoms with Crippen molar-refractivity contribution in [2.24, 2.45) is 5.84 Å². The van der Waals surface area contributed by atoms with E-state index in [4.69, 9.17) is 10.6 Å². The van der Waals surface area contributed by atoms with E-state index < -0.39 is 0 Å². The summed E-state index contributed by atoms with van der Waals surface area (Å²) in [7, 11) is 0. The third-order valence-electron chi connectivity index (χ3n) is 2.43. The first-order valence-electron chi connectivity index (χ1n) is 5.06. The fourth-order valence-electron chi connectivity index (χ4n) is 1.59. The molecule has 1 saturated heterocycles. The molecule has 0 atom stereocenters. The number of rotatable bonds is 3. The Morgan fingerprint density at radius 1 is 1.62 bits per heavy atom. The van der Waals surface area contributed by atoms with Crippen LogP contribution in [0.5, 0.6) is 0 Å². The Hall–Kier alpha value is -1.66. The van der Waals surface area contributed by atoms with Gasteiger partial charge in [0.1, 0.15) is 12.4 Å². The lowest BCUT2D eigenvalue weighted by Gasteiger charge is -2.26. The van der Waals surface area contributed by atoms with Crippen molar-refractivity contribution >= 4 is 11.7 Å². The fraction of sp³-hybridized carbons (Fsp3) is 0.400. The molecule has 0 saturated carbocycles. The summed E-state index contributed by atoms with van der Waals surface area (Å²) < 4.78 is 5.06. The number of carbonyl (C=O) groups is 1. The number of aromatic nitrogens is 1. The summed E-state index contributed by atoms with van der Waals surface area (Å²) in [5.74, 6) is 5.88. The van der Waals surface area contributed by atoms with Crippen molar-refractivity contribution in [2.45, 2.75) is 6.54 Å². The quantitative estimate of drug-likeness (QED) is 0.543. The Morgan fingerprint density at radius 3 is 3.25 bits per heavy atom. The molecule has 0 spiro atoms. The van der Waals surface area contributed by atoms with Gasteiger partial charge in [0.05, 0.1) is 6.61 Å². The highest BCUT2D eigenvalue weighted by Gasteiger charge is 2.18. The van der Waals surface area contributed by atoms with Crippen LogP contribution in [-0.2, 0) is 16.1 Å². The van der Waals surface area contributed by atoms with Gasteiger partial charge in [-0.15, -0.1) is 0 Å².